The molecule has 2 aliphatic rings. The molecule has 1 aromatic rings. The SMILES string of the molecule is COc1ccc(C(N)C2CCC3CCCCC3C2)cc1Br. The van der Waals surface area contributed by atoms with Crippen molar-refractivity contribution in [3.05, 3.63) is 28.2 Å². The maximum atomic E-state index is 6.59. The monoisotopic (exact) mass is 351 g/mol. The molecule has 0 aliphatic heterocycles. The van der Waals surface area contributed by atoms with E-state index in [-0.39, 0.29) is 6.04 Å². The van der Waals surface area contributed by atoms with Gasteiger partial charge in [0.1, 0.15) is 5.75 Å². The van der Waals surface area contributed by atoms with Gasteiger partial charge in [0, 0.05) is 6.04 Å². The lowest BCUT2D eigenvalue weighted by molar-refractivity contribution is 0.117. The van der Waals surface area contributed by atoms with Crippen molar-refractivity contribution < 1.29 is 4.74 Å². The Hall–Kier alpha value is -0.540. The summed E-state index contributed by atoms with van der Waals surface area (Å²) in [6.07, 6.45) is 9.78. The average molecular weight is 352 g/mol. The van der Waals surface area contributed by atoms with Gasteiger partial charge in [0.15, 0.2) is 0 Å². The molecule has 2 N–H and O–H groups in total. The number of hydrogen-bond acceptors (Lipinski definition) is 2. The van der Waals surface area contributed by atoms with Crippen LogP contribution in [-0.4, -0.2) is 7.11 Å². The number of nitrogens with two attached hydrogens (primary N) is 1. The lowest BCUT2D eigenvalue weighted by Crippen LogP contribution is -2.33. The summed E-state index contributed by atoms with van der Waals surface area (Å²) >= 11 is 3.57. The highest BCUT2D eigenvalue weighted by Crippen LogP contribution is 2.46. The summed E-state index contributed by atoms with van der Waals surface area (Å²) in [6, 6.07) is 6.44. The molecule has 0 amide bonds. The largest absolute Gasteiger partial charge is 0.496 e. The second-order valence-corrected chi connectivity index (χ2v) is 7.65. The number of rotatable bonds is 3. The van der Waals surface area contributed by atoms with Crippen LogP contribution in [0.1, 0.15) is 56.6 Å². The zero-order valence-corrected chi connectivity index (χ0v) is 14.4. The third-order valence-electron chi connectivity index (χ3n) is 5.65. The zero-order chi connectivity index (χ0) is 14.8. The quantitative estimate of drug-likeness (QED) is 0.825. The molecule has 0 saturated heterocycles. The number of fused-ring (bicyclic) bond motifs is 1. The molecule has 2 fully saturated rings. The molecule has 2 aliphatic carbocycles. The molecule has 0 aromatic heterocycles. The fourth-order valence-corrected chi connectivity index (χ4v) is 4.96. The van der Waals surface area contributed by atoms with Gasteiger partial charge in [-0.05, 0) is 70.6 Å². The summed E-state index contributed by atoms with van der Waals surface area (Å²) < 4.78 is 6.31. The van der Waals surface area contributed by atoms with Gasteiger partial charge in [-0.2, -0.15) is 0 Å². The predicted octanol–water partition coefficient (Wildman–Crippen LogP) is 5.06. The number of benzene rings is 1. The topological polar surface area (TPSA) is 35.2 Å². The molecular weight excluding hydrogens is 326 g/mol. The summed E-state index contributed by atoms with van der Waals surface area (Å²) in [6.45, 7) is 0. The Balaban J connectivity index is 1.70. The minimum atomic E-state index is 0.162. The van der Waals surface area contributed by atoms with E-state index in [1.54, 1.807) is 7.11 Å². The van der Waals surface area contributed by atoms with Gasteiger partial charge in [-0.25, -0.2) is 0 Å². The summed E-state index contributed by atoms with van der Waals surface area (Å²) in [7, 11) is 1.70. The molecule has 1 aromatic carbocycles. The van der Waals surface area contributed by atoms with Gasteiger partial charge in [0.25, 0.3) is 0 Å². The van der Waals surface area contributed by atoms with E-state index in [9.17, 15) is 0 Å². The van der Waals surface area contributed by atoms with Crippen LogP contribution in [0.2, 0.25) is 0 Å². The molecule has 4 unspecified atom stereocenters. The summed E-state index contributed by atoms with van der Waals surface area (Å²) in [4.78, 5) is 0. The first-order chi connectivity index (χ1) is 10.2. The second-order valence-electron chi connectivity index (χ2n) is 6.80. The van der Waals surface area contributed by atoms with Crippen molar-refractivity contribution in [2.75, 3.05) is 7.11 Å². The minimum absolute atomic E-state index is 0.162. The van der Waals surface area contributed by atoms with Gasteiger partial charge in [0.2, 0.25) is 0 Å². The molecule has 0 spiro atoms. The fourth-order valence-electron chi connectivity index (χ4n) is 4.40. The lowest BCUT2D eigenvalue weighted by Gasteiger charge is -2.41. The van der Waals surface area contributed by atoms with Crippen LogP contribution in [0.5, 0.6) is 5.75 Å². The molecule has 4 atom stereocenters. The van der Waals surface area contributed by atoms with Crippen molar-refractivity contribution in [2.45, 2.75) is 51.0 Å². The minimum Gasteiger partial charge on any atom is -0.496 e. The molecule has 3 rings (SSSR count). The van der Waals surface area contributed by atoms with Crippen molar-refractivity contribution in [2.24, 2.45) is 23.5 Å². The number of halogens is 1. The standard InChI is InChI=1S/C18H26BrNO/c1-21-17-9-8-15(11-16(17)19)18(20)14-7-6-12-4-2-3-5-13(12)10-14/h8-9,11-14,18H,2-7,10,20H2,1H3. The van der Waals surface area contributed by atoms with Crippen molar-refractivity contribution in [3.8, 4) is 5.75 Å². The fraction of sp³-hybridized carbons (Fsp3) is 0.667. The van der Waals surface area contributed by atoms with E-state index in [4.69, 9.17) is 10.5 Å². The molecule has 0 bridgehead atoms. The van der Waals surface area contributed by atoms with E-state index in [1.165, 1.54) is 50.5 Å². The van der Waals surface area contributed by atoms with Crippen molar-refractivity contribution in [3.63, 3.8) is 0 Å². The van der Waals surface area contributed by atoms with E-state index in [1.807, 2.05) is 6.07 Å². The van der Waals surface area contributed by atoms with E-state index < -0.39 is 0 Å². The Morgan fingerprint density at radius 2 is 1.90 bits per heavy atom. The first-order valence-electron chi connectivity index (χ1n) is 8.28. The molecule has 21 heavy (non-hydrogen) atoms. The zero-order valence-electron chi connectivity index (χ0n) is 12.9. The smallest absolute Gasteiger partial charge is 0.133 e. The molecule has 116 valence electrons. The van der Waals surface area contributed by atoms with Crippen LogP contribution in [0, 0.1) is 17.8 Å². The second kappa shape index (κ2) is 6.70. The van der Waals surface area contributed by atoms with Gasteiger partial charge >= 0.3 is 0 Å². The molecular formula is C18H26BrNO. The number of hydrogen-bond donors (Lipinski definition) is 1. The van der Waals surface area contributed by atoms with Crippen LogP contribution in [0.15, 0.2) is 22.7 Å². The lowest BCUT2D eigenvalue weighted by atomic mass is 9.65. The Bertz CT molecular complexity index is 490. The predicted molar refractivity (Wildman–Crippen MR) is 90.4 cm³/mol. The average Bonchev–Trinajstić information content (AvgIpc) is 2.53. The van der Waals surface area contributed by atoms with Crippen LogP contribution >= 0.6 is 15.9 Å². The van der Waals surface area contributed by atoms with E-state index >= 15 is 0 Å². The Labute approximate surface area is 136 Å². The highest BCUT2D eigenvalue weighted by Gasteiger charge is 2.34. The summed E-state index contributed by atoms with van der Waals surface area (Å²) in [5, 5.41) is 0. The molecule has 2 nitrogen and oxygen atoms in total. The number of methoxy groups -OCH3 is 1. The van der Waals surface area contributed by atoms with Crippen LogP contribution in [-0.2, 0) is 0 Å². The highest BCUT2D eigenvalue weighted by atomic mass is 79.9. The maximum Gasteiger partial charge on any atom is 0.133 e. The van der Waals surface area contributed by atoms with Crippen molar-refractivity contribution in [1.29, 1.82) is 0 Å². The number of ether oxygens (including phenoxy) is 1. The van der Waals surface area contributed by atoms with Crippen LogP contribution in [0.4, 0.5) is 0 Å². The van der Waals surface area contributed by atoms with Gasteiger partial charge in [-0.1, -0.05) is 31.7 Å². The highest BCUT2D eigenvalue weighted by molar-refractivity contribution is 9.10. The van der Waals surface area contributed by atoms with Gasteiger partial charge in [-0.15, -0.1) is 0 Å². The van der Waals surface area contributed by atoms with Gasteiger partial charge in [-0.3, -0.25) is 0 Å². The van der Waals surface area contributed by atoms with Crippen LogP contribution in [0.25, 0.3) is 0 Å². The summed E-state index contributed by atoms with van der Waals surface area (Å²) in [5.41, 5.74) is 7.83. The third kappa shape index (κ3) is 3.29. The Morgan fingerprint density at radius 1 is 1.14 bits per heavy atom. The van der Waals surface area contributed by atoms with Crippen molar-refractivity contribution >= 4 is 15.9 Å². The first-order valence-corrected chi connectivity index (χ1v) is 9.07. The Kier molecular flexibility index (Phi) is 4.90. The molecule has 0 radical (unpaired) electrons. The Morgan fingerprint density at radius 3 is 2.62 bits per heavy atom. The first kappa shape index (κ1) is 15.4. The molecule has 3 heteroatoms. The van der Waals surface area contributed by atoms with E-state index in [2.05, 4.69) is 28.1 Å². The van der Waals surface area contributed by atoms with E-state index in [0.717, 1.165) is 22.1 Å². The summed E-state index contributed by atoms with van der Waals surface area (Å²) in [5.74, 6) is 3.45. The van der Waals surface area contributed by atoms with Crippen LogP contribution in [0.3, 0.4) is 0 Å². The third-order valence-corrected chi connectivity index (χ3v) is 6.27. The van der Waals surface area contributed by atoms with Gasteiger partial charge in [0.05, 0.1) is 11.6 Å². The van der Waals surface area contributed by atoms with Crippen LogP contribution < -0.4 is 10.5 Å². The van der Waals surface area contributed by atoms with E-state index in [0.29, 0.717) is 5.92 Å². The van der Waals surface area contributed by atoms with Gasteiger partial charge < -0.3 is 10.5 Å². The maximum absolute atomic E-state index is 6.59. The molecule has 2 saturated carbocycles. The normalized spacial score (nSPS) is 30.5. The van der Waals surface area contributed by atoms with Crippen molar-refractivity contribution in [1.82, 2.24) is 0 Å². The molecule has 0 heterocycles.